The molecule has 5 nitrogen and oxygen atoms in total. The lowest BCUT2D eigenvalue weighted by Crippen LogP contribution is -2.18. The van der Waals surface area contributed by atoms with Gasteiger partial charge in [-0.2, -0.15) is 5.10 Å². The van der Waals surface area contributed by atoms with Gasteiger partial charge in [0.15, 0.2) is 5.69 Å². The van der Waals surface area contributed by atoms with E-state index in [0.29, 0.717) is 0 Å². The highest BCUT2D eigenvalue weighted by molar-refractivity contribution is 7.13. The predicted octanol–water partition coefficient (Wildman–Crippen LogP) is 3.64. The van der Waals surface area contributed by atoms with Crippen molar-refractivity contribution in [1.82, 2.24) is 9.55 Å². The van der Waals surface area contributed by atoms with Gasteiger partial charge >= 0.3 is 0 Å². The highest BCUT2D eigenvalue weighted by Crippen LogP contribution is 2.20. The minimum absolute atomic E-state index is 0.788. The first kappa shape index (κ1) is 15.5. The van der Waals surface area contributed by atoms with E-state index in [9.17, 15) is 0 Å². The second-order valence-corrected chi connectivity index (χ2v) is 6.77. The third-order valence-electron chi connectivity index (χ3n) is 4.08. The zero-order valence-electron chi connectivity index (χ0n) is 14.0. The fourth-order valence-electron chi connectivity index (χ4n) is 2.80. The molecule has 0 radical (unpaired) electrons. The SMILES string of the molecule is Cc1ccc2n(C)c(-c3ccc(/C=N/Nc4nccs4)cc3)c[n+]2c1. The molecule has 3 aromatic heterocycles. The van der Waals surface area contributed by atoms with Crippen LogP contribution in [0.15, 0.2) is 65.5 Å². The van der Waals surface area contributed by atoms with E-state index < -0.39 is 0 Å². The Kier molecular flexibility index (Phi) is 4.03. The molecular weight excluding hydrogens is 330 g/mol. The molecule has 0 saturated heterocycles. The number of hydrogen-bond acceptors (Lipinski definition) is 4. The van der Waals surface area contributed by atoms with Crippen molar-refractivity contribution < 1.29 is 4.40 Å². The predicted molar refractivity (Wildman–Crippen MR) is 102 cm³/mol. The summed E-state index contributed by atoms with van der Waals surface area (Å²) >= 11 is 1.52. The third kappa shape index (κ3) is 3.16. The van der Waals surface area contributed by atoms with E-state index in [1.807, 2.05) is 5.38 Å². The van der Waals surface area contributed by atoms with Gasteiger partial charge in [-0.05, 0) is 36.2 Å². The number of thiazole rings is 1. The molecule has 0 bridgehead atoms. The van der Waals surface area contributed by atoms with E-state index >= 15 is 0 Å². The molecule has 0 fully saturated rings. The molecule has 0 aliphatic heterocycles. The molecule has 0 amide bonds. The van der Waals surface area contributed by atoms with Crippen molar-refractivity contribution in [2.75, 3.05) is 5.43 Å². The fourth-order valence-corrected chi connectivity index (χ4v) is 3.28. The average Bonchev–Trinajstić information content (AvgIpc) is 3.24. The quantitative estimate of drug-likeness (QED) is 0.348. The van der Waals surface area contributed by atoms with Crippen molar-refractivity contribution in [2.24, 2.45) is 12.1 Å². The first-order valence-electron chi connectivity index (χ1n) is 7.97. The zero-order chi connectivity index (χ0) is 17.2. The Bertz CT molecular complexity index is 1030. The van der Waals surface area contributed by atoms with Gasteiger partial charge in [0.2, 0.25) is 5.13 Å². The summed E-state index contributed by atoms with van der Waals surface area (Å²) in [6.07, 6.45) is 7.85. The number of nitrogens with zero attached hydrogens (tertiary/aromatic N) is 4. The molecule has 0 saturated carbocycles. The number of imidazole rings is 1. The number of aromatic nitrogens is 3. The lowest BCUT2D eigenvalue weighted by Gasteiger charge is -1.99. The van der Waals surface area contributed by atoms with Crippen molar-refractivity contribution in [3.63, 3.8) is 0 Å². The number of aryl methyl sites for hydroxylation is 2. The van der Waals surface area contributed by atoms with Crippen molar-refractivity contribution in [1.29, 1.82) is 0 Å². The van der Waals surface area contributed by atoms with Crippen LogP contribution in [0.2, 0.25) is 0 Å². The molecule has 0 spiro atoms. The second-order valence-electron chi connectivity index (χ2n) is 5.87. The molecule has 6 heteroatoms. The normalized spacial score (nSPS) is 11.4. The van der Waals surface area contributed by atoms with Crippen LogP contribution in [0.5, 0.6) is 0 Å². The van der Waals surface area contributed by atoms with Gasteiger partial charge in [0.05, 0.1) is 19.5 Å². The lowest BCUT2D eigenvalue weighted by atomic mass is 10.1. The van der Waals surface area contributed by atoms with Gasteiger partial charge in [-0.15, -0.1) is 11.3 Å². The smallest absolute Gasteiger partial charge is 0.253 e. The third-order valence-corrected chi connectivity index (χ3v) is 4.76. The summed E-state index contributed by atoms with van der Waals surface area (Å²) in [5.74, 6) is 0. The van der Waals surface area contributed by atoms with Crippen LogP contribution < -0.4 is 9.83 Å². The van der Waals surface area contributed by atoms with Crippen molar-refractivity contribution in [3.8, 4) is 11.3 Å². The van der Waals surface area contributed by atoms with Gasteiger partial charge in [0.1, 0.15) is 6.20 Å². The van der Waals surface area contributed by atoms with Gasteiger partial charge in [-0.1, -0.05) is 12.1 Å². The summed E-state index contributed by atoms with van der Waals surface area (Å²) in [7, 11) is 2.09. The monoisotopic (exact) mass is 348 g/mol. The number of hydrazone groups is 1. The van der Waals surface area contributed by atoms with Crippen LogP contribution in [0.3, 0.4) is 0 Å². The van der Waals surface area contributed by atoms with Gasteiger partial charge in [0, 0.05) is 23.2 Å². The largest absolute Gasteiger partial charge is 0.286 e. The van der Waals surface area contributed by atoms with Gasteiger partial charge in [0.25, 0.3) is 5.65 Å². The Morgan fingerprint density at radius 2 is 2.00 bits per heavy atom. The minimum atomic E-state index is 0.788. The van der Waals surface area contributed by atoms with Gasteiger partial charge in [-0.3, -0.25) is 5.43 Å². The molecule has 25 heavy (non-hydrogen) atoms. The number of hydrogen-bond donors (Lipinski definition) is 1. The first-order valence-corrected chi connectivity index (χ1v) is 8.85. The molecule has 124 valence electrons. The Balaban J connectivity index is 1.57. The van der Waals surface area contributed by atoms with Crippen molar-refractivity contribution in [2.45, 2.75) is 6.92 Å². The summed E-state index contributed by atoms with van der Waals surface area (Å²) in [4.78, 5) is 4.13. The van der Waals surface area contributed by atoms with Crippen LogP contribution >= 0.6 is 11.3 Å². The van der Waals surface area contributed by atoms with E-state index in [0.717, 1.165) is 10.7 Å². The zero-order valence-corrected chi connectivity index (χ0v) is 14.9. The van der Waals surface area contributed by atoms with Crippen LogP contribution in [0.25, 0.3) is 16.9 Å². The summed E-state index contributed by atoms with van der Waals surface area (Å²) in [6, 6.07) is 12.6. The summed E-state index contributed by atoms with van der Waals surface area (Å²) in [5.41, 5.74) is 8.72. The Hall–Kier alpha value is -2.99. The number of nitrogens with one attached hydrogen (secondary N) is 1. The number of rotatable bonds is 4. The van der Waals surface area contributed by atoms with Crippen LogP contribution in [0.1, 0.15) is 11.1 Å². The minimum Gasteiger partial charge on any atom is -0.253 e. The second kappa shape index (κ2) is 6.49. The van der Waals surface area contributed by atoms with Gasteiger partial charge in [-0.25, -0.2) is 14.0 Å². The summed E-state index contributed by atoms with van der Waals surface area (Å²) in [5, 5.41) is 6.91. The van der Waals surface area contributed by atoms with E-state index in [1.54, 1.807) is 12.4 Å². The summed E-state index contributed by atoms with van der Waals surface area (Å²) in [6.45, 7) is 2.10. The van der Waals surface area contributed by atoms with Crippen molar-refractivity contribution in [3.05, 3.63) is 71.5 Å². The maximum Gasteiger partial charge on any atom is 0.286 e. The molecule has 4 aromatic rings. The van der Waals surface area contributed by atoms with Gasteiger partial charge < -0.3 is 0 Å². The maximum atomic E-state index is 4.21. The Morgan fingerprint density at radius 1 is 1.16 bits per heavy atom. The van der Waals surface area contributed by atoms with E-state index in [4.69, 9.17) is 0 Å². The van der Waals surface area contributed by atoms with E-state index in [-0.39, 0.29) is 0 Å². The number of pyridine rings is 1. The fraction of sp³-hybridized carbons (Fsp3) is 0.105. The van der Waals surface area contributed by atoms with Crippen LogP contribution in [0.4, 0.5) is 5.13 Å². The molecule has 0 unspecified atom stereocenters. The summed E-state index contributed by atoms with van der Waals surface area (Å²) < 4.78 is 4.37. The van der Waals surface area contributed by atoms with Crippen LogP contribution in [0, 0.1) is 6.92 Å². The highest BCUT2D eigenvalue weighted by atomic mass is 32.1. The van der Waals surface area contributed by atoms with E-state index in [2.05, 4.69) is 87.2 Å². The lowest BCUT2D eigenvalue weighted by molar-refractivity contribution is -0.510. The maximum absolute atomic E-state index is 4.21. The molecule has 0 aliphatic carbocycles. The standard InChI is InChI=1S/C19H18N5S/c1-14-3-8-18-23(2)17(13-24(18)12-14)16-6-4-15(5-7-16)11-21-22-19-20-9-10-25-19/h3-13H,1-2H3,(H,20,22)/q+1/b21-11+. The van der Waals surface area contributed by atoms with Crippen molar-refractivity contribution >= 4 is 28.3 Å². The topological polar surface area (TPSA) is 46.3 Å². The Morgan fingerprint density at radius 3 is 2.76 bits per heavy atom. The Labute approximate surface area is 149 Å². The molecule has 3 heterocycles. The van der Waals surface area contributed by atoms with Crippen LogP contribution in [-0.4, -0.2) is 15.8 Å². The molecule has 0 aliphatic rings. The number of anilines is 1. The molecular formula is C19H18N5S+. The van der Waals surface area contributed by atoms with E-state index in [1.165, 1.54) is 33.8 Å². The highest BCUT2D eigenvalue weighted by Gasteiger charge is 2.15. The van der Waals surface area contributed by atoms with Crippen LogP contribution in [-0.2, 0) is 7.05 Å². The number of benzene rings is 1. The first-order chi connectivity index (χ1) is 12.2. The molecule has 1 aromatic carbocycles. The molecule has 0 atom stereocenters. The molecule has 1 N–H and O–H groups in total. The average molecular weight is 348 g/mol. The number of fused-ring (bicyclic) bond motifs is 1. The molecule has 4 rings (SSSR count).